The molecule has 4 N–H and O–H groups in total. The van der Waals surface area contributed by atoms with Crippen molar-refractivity contribution in [3.05, 3.63) is 95.1 Å². The first-order valence-electron chi connectivity index (χ1n) is 9.76. The monoisotopic (exact) mass is 396 g/mol. The standard InChI is InChI=1S/C25H20N2O3/c28-14-18-12-15(7-9-22(18)29)11-16-8-10-23(30)19(13-16)25-26-20-5-1-3-17-4-2-6-21(27-25)24(17)20/h1-10,12-14,25-27,29-30H,11H2. The van der Waals surface area contributed by atoms with E-state index in [0.29, 0.717) is 12.7 Å². The number of aldehydes is 1. The summed E-state index contributed by atoms with van der Waals surface area (Å²) in [5, 5.41) is 29.5. The van der Waals surface area contributed by atoms with Crippen LogP contribution in [-0.4, -0.2) is 16.5 Å². The van der Waals surface area contributed by atoms with Crippen molar-refractivity contribution >= 4 is 28.4 Å². The first-order valence-corrected chi connectivity index (χ1v) is 9.76. The van der Waals surface area contributed by atoms with Gasteiger partial charge in [-0.05, 0) is 59.3 Å². The molecule has 30 heavy (non-hydrogen) atoms. The van der Waals surface area contributed by atoms with E-state index in [-0.39, 0.29) is 23.2 Å². The van der Waals surface area contributed by atoms with Gasteiger partial charge in [-0.3, -0.25) is 4.79 Å². The van der Waals surface area contributed by atoms with E-state index in [4.69, 9.17) is 0 Å². The third-order valence-electron chi connectivity index (χ3n) is 5.53. The number of anilines is 2. The number of hydrogen-bond acceptors (Lipinski definition) is 5. The number of carbonyl (C=O) groups excluding carboxylic acids is 1. The number of hydrogen-bond donors (Lipinski definition) is 4. The minimum Gasteiger partial charge on any atom is -0.508 e. The molecule has 5 nitrogen and oxygen atoms in total. The van der Waals surface area contributed by atoms with Gasteiger partial charge in [-0.15, -0.1) is 0 Å². The fourth-order valence-corrected chi connectivity index (χ4v) is 4.07. The Balaban J connectivity index is 1.48. The fourth-order valence-electron chi connectivity index (χ4n) is 4.07. The second kappa shape index (κ2) is 7.12. The Hall–Kier alpha value is -3.99. The predicted molar refractivity (Wildman–Crippen MR) is 118 cm³/mol. The lowest BCUT2D eigenvalue weighted by Crippen LogP contribution is -2.23. The smallest absolute Gasteiger partial charge is 0.153 e. The van der Waals surface area contributed by atoms with Gasteiger partial charge in [-0.1, -0.05) is 36.4 Å². The summed E-state index contributed by atoms with van der Waals surface area (Å²) in [6.45, 7) is 0. The predicted octanol–water partition coefficient (Wildman–Crippen LogP) is 5.19. The minimum absolute atomic E-state index is 0.0245. The highest BCUT2D eigenvalue weighted by molar-refractivity contribution is 6.04. The molecule has 0 bridgehead atoms. The van der Waals surface area contributed by atoms with Crippen LogP contribution in [0, 0.1) is 0 Å². The zero-order valence-corrected chi connectivity index (χ0v) is 16.1. The lowest BCUT2D eigenvalue weighted by atomic mass is 9.98. The first-order chi connectivity index (χ1) is 14.6. The zero-order chi connectivity index (χ0) is 20.7. The van der Waals surface area contributed by atoms with Crippen molar-refractivity contribution < 1.29 is 15.0 Å². The average molecular weight is 396 g/mol. The molecule has 4 aromatic rings. The van der Waals surface area contributed by atoms with Crippen LogP contribution in [0.15, 0.2) is 72.8 Å². The van der Waals surface area contributed by atoms with Gasteiger partial charge in [0.2, 0.25) is 0 Å². The molecule has 1 heterocycles. The number of carbonyl (C=O) groups is 1. The number of phenols is 2. The summed E-state index contributed by atoms with van der Waals surface area (Å²) in [6, 6.07) is 22.8. The van der Waals surface area contributed by atoms with E-state index in [1.54, 1.807) is 18.2 Å². The maximum Gasteiger partial charge on any atom is 0.153 e. The van der Waals surface area contributed by atoms with Gasteiger partial charge in [0, 0.05) is 22.3 Å². The number of benzene rings is 4. The molecule has 0 spiro atoms. The van der Waals surface area contributed by atoms with E-state index >= 15 is 0 Å². The van der Waals surface area contributed by atoms with Crippen LogP contribution < -0.4 is 10.6 Å². The SMILES string of the molecule is O=Cc1cc(Cc2ccc(O)c(C3Nc4cccc5cccc(c45)N3)c2)ccc1O. The molecule has 0 amide bonds. The molecule has 0 saturated carbocycles. The Labute approximate surface area is 173 Å². The maximum atomic E-state index is 11.1. The summed E-state index contributed by atoms with van der Waals surface area (Å²) in [4.78, 5) is 11.1. The Morgan fingerprint density at radius 1 is 0.800 bits per heavy atom. The van der Waals surface area contributed by atoms with Gasteiger partial charge in [0.1, 0.15) is 17.7 Å². The Morgan fingerprint density at radius 2 is 1.43 bits per heavy atom. The molecule has 0 fully saturated rings. The van der Waals surface area contributed by atoms with E-state index in [9.17, 15) is 15.0 Å². The van der Waals surface area contributed by atoms with E-state index in [2.05, 4.69) is 22.8 Å². The van der Waals surface area contributed by atoms with Crippen LogP contribution in [0.3, 0.4) is 0 Å². The van der Waals surface area contributed by atoms with Crippen LogP contribution in [0.2, 0.25) is 0 Å². The molecule has 5 rings (SSSR count). The van der Waals surface area contributed by atoms with Gasteiger partial charge in [-0.2, -0.15) is 0 Å². The number of rotatable bonds is 4. The van der Waals surface area contributed by atoms with Crippen molar-refractivity contribution in [1.29, 1.82) is 0 Å². The van der Waals surface area contributed by atoms with Gasteiger partial charge >= 0.3 is 0 Å². The van der Waals surface area contributed by atoms with Crippen LogP contribution in [-0.2, 0) is 6.42 Å². The normalized spacial score (nSPS) is 12.9. The number of phenolic OH excluding ortho intramolecular Hbond substituents is 2. The summed E-state index contributed by atoms with van der Waals surface area (Å²) in [5.74, 6) is 0.179. The topological polar surface area (TPSA) is 81.6 Å². The number of aromatic hydroxyl groups is 2. The van der Waals surface area contributed by atoms with Crippen molar-refractivity contribution in [3.8, 4) is 11.5 Å². The van der Waals surface area contributed by atoms with Crippen molar-refractivity contribution in [2.45, 2.75) is 12.6 Å². The largest absolute Gasteiger partial charge is 0.508 e. The van der Waals surface area contributed by atoms with Gasteiger partial charge in [0.05, 0.1) is 5.56 Å². The molecule has 0 atom stereocenters. The van der Waals surface area contributed by atoms with Crippen LogP contribution in [0.4, 0.5) is 11.4 Å². The summed E-state index contributed by atoms with van der Waals surface area (Å²) >= 11 is 0. The maximum absolute atomic E-state index is 11.1. The fraction of sp³-hybridized carbons (Fsp3) is 0.0800. The summed E-state index contributed by atoms with van der Waals surface area (Å²) in [6.07, 6.45) is 0.943. The Bertz CT molecular complexity index is 1240. The van der Waals surface area contributed by atoms with Gasteiger partial charge in [0.15, 0.2) is 6.29 Å². The molecular formula is C25H20N2O3. The molecule has 4 aromatic carbocycles. The second-order valence-corrected chi connectivity index (χ2v) is 7.51. The lowest BCUT2D eigenvalue weighted by Gasteiger charge is -2.30. The van der Waals surface area contributed by atoms with E-state index in [1.165, 1.54) is 6.07 Å². The highest BCUT2D eigenvalue weighted by Crippen LogP contribution is 2.40. The van der Waals surface area contributed by atoms with Gasteiger partial charge in [0.25, 0.3) is 0 Å². The van der Waals surface area contributed by atoms with E-state index in [0.717, 1.165) is 38.8 Å². The van der Waals surface area contributed by atoms with Crippen LogP contribution >= 0.6 is 0 Å². The molecule has 0 radical (unpaired) electrons. The minimum atomic E-state index is -0.282. The van der Waals surface area contributed by atoms with Gasteiger partial charge in [-0.25, -0.2) is 0 Å². The molecule has 1 aliphatic heterocycles. The quantitative estimate of drug-likeness (QED) is 0.357. The molecule has 0 saturated heterocycles. The Morgan fingerprint density at radius 3 is 2.10 bits per heavy atom. The van der Waals surface area contributed by atoms with Crippen LogP contribution in [0.25, 0.3) is 10.8 Å². The highest BCUT2D eigenvalue weighted by Gasteiger charge is 2.22. The van der Waals surface area contributed by atoms with E-state index < -0.39 is 0 Å². The van der Waals surface area contributed by atoms with Crippen molar-refractivity contribution in [2.24, 2.45) is 0 Å². The van der Waals surface area contributed by atoms with Crippen molar-refractivity contribution in [3.63, 3.8) is 0 Å². The molecular weight excluding hydrogens is 376 g/mol. The van der Waals surface area contributed by atoms with Crippen LogP contribution in [0.1, 0.15) is 33.2 Å². The second-order valence-electron chi connectivity index (χ2n) is 7.51. The molecule has 0 unspecified atom stereocenters. The highest BCUT2D eigenvalue weighted by atomic mass is 16.3. The first kappa shape index (κ1) is 18.1. The third-order valence-corrected chi connectivity index (χ3v) is 5.53. The number of nitrogens with one attached hydrogen (secondary N) is 2. The molecule has 1 aliphatic rings. The molecule has 0 aliphatic carbocycles. The van der Waals surface area contributed by atoms with Gasteiger partial charge < -0.3 is 20.8 Å². The van der Waals surface area contributed by atoms with Crippen LogP contribution in [0.5, 0.6) is 11.5 Å². The molecule has 148 valence electrons. The lowest BCUT2D eigenvalue weighted by molar-refractivity contribution is 0.112. The zero-order valence-electron chi connectivity index (χ0n) is 16.1. The Kier molecular flexibility index (Phi) is 4.29. The summed E-state index contributed by atoms with van der Waals surface area (Å²) < 4.78 is 0. The van der Waals surface area contributed by atoms with Crippen molar-refractivity contribution in [2.75, 3.05) is 10.6 Å². The average Bonchev–Trinajstić information content (AvgIpc) is 2.76. The van der Waals surface area contributed by atoms with E-state index in [1.807, 2.05) is 36.4 Å². The summed E-state index contributed by atoms with van der Waals surface area (Å²) in [5.41, 5.74) is 4.95. The third kappa shape index (κ3) is 3.10. The summed E-state index contributed by atoms with van der Waals surface area (Å²) in [7, 11) is 0. The molecule has 5 heteroatoms. The molecule has 0 aromatic heterocycles. The van der Waals surface area contributed by atoms with Crippen molar-refractivity contribution in [1.82, 2.24) is 0 Å².